The van der Waals surface area contributed by atoms with Crippen molar-refractivity contribution in [3.8, 4) is 5.75 Å². The predicted molar refractivity (Wildman–Crippen MR) is 136 cm³/mol. The summed E-state index contributed by atoms with van der Waals surface area (Å²) < 4.78 is 22.8. The summed E-state index contributed by atoms with van der Waals surface area (Å²) in [4.78, 5) is 27.9. The van der Waals surface area contributed by atoms with Crippen molar-refractivity contribution >= 4 is 28.3 Å². The number of aromatic nitrogens is 4. The SMILES string of the molecule is CN(C(=O)c1cc2c(cc1F)nc(N)c1cncn12)[C@@H]1COc2cc([C@@H]3C[C@H]3c3ccccn3)ccc21. The molecule has 0 saturated heterocycles. The Balaban J connectivity index is 1.17. The van der Waals surface area contributed by atoms with Crippen LogP contribution in [0.4, 0.5) is 10.2 Å². The highest BCUT2D eigenvalue weighted by molar-refractivity contribution is 5.98. The van der Waals surface area contributed by atoms with E-state index in [4.69, 9.17) is 10.5 Å². The fourth-order valence-corrected chi connectivity index (χ4v) is 5.44. The van der Waals surface area contributed by atoms with Crippen molar-refractivity contribution in [2.45, 2.75) is 24.3 Å². The van der Waals surface area contributed by atoms with E-state index in [-0.39, 0.29) is 17.4 Å². The Morgan fingerprint density at radius 2 is 2.05 bits per heavy atom. The van der Waals surface area contributed by atoms with Crippen LogP contribution in [-0.4, -0.2) is 43.8 Å². The van der Waals surface area contributed by atoms with Gasteiger partial charge in [-0.2, -0.15) is 0 Å². The van der Waals surface area contributed by atoms with Crippen LogP contribution in [0, 0.1) is 5.82 Å². The Morgan fingerprint density at radius 1 is 1.16 bits per heavy atom. The molecule has 3 atom stereocenters. The molecule has 1 fully saturated rings. The molecule has 7 rings (SSSR count). The zero-order valence-electron chi connectivity index (χ0n) is 20.0. The van der Waals surface area contributed by atoms with Gasteiger partial charge in [0.25, 0.3) is 5.91 Å². The molecule has 184 valence electrons. The van der Waals surface area contributed by atoms with Gasteiger partial charge in [0.15, 0.2) is 0 Å². The highest BCUT2D eigenvalue weighted by atomic mass is 19.1. The number of hydrogen-bond donors (Lipinski definition) is 1. The quantitative estimate of drug-likeness (QED) is 0.396. The van der Waals surface area contributed by atoms with Crippen LogP contribution in [0.1, 0.15) is 51.5 Å². The highest BCUT2D eigenvalue weighted by Gasteiger charge is 2.41. The van der Waals surface area contributed by atoms with Crippen LogP contribution in [0.5, 0.6) is 5.75 Å². The molecule has 3 aromatic heterocycles. The number of benzene rings is 2. The minimum absolute atomic E-state index is 0.0437. The van der Waals surface area contributed by atoms with Crippen molar-refractivity contribution in [1.82, 2.24) is 24.3 Å². The van der Waals surface area contributed by atoms with E-state index in [0.29, 0.717) is 35.0 Å². The van der Waals surface area contributed by atoms with Gasteiger partial charge in [-0.1, -0.05) is 18.2 Å². The number of imidazole rings is 1. The zero-order chi connectivity index (χ0) is 25.3. The number of nitrogen functional groups attached to an aromatic ring is 1. The Kier molecular flexibility index (Phi) is 4.69. The fourth-order valence-electron chi connectivity index (χ4n) is 5.44. The van der Waals surface area contributed by atoms with E-state index in [1.807, 2.05) is 24.4 Å². The number of nitrogens with two attached hydrogens (primary N) is 1. The summed E-state index contributed by atoms with van der Waals surface area (Å²) in [7, 11) is 1.68. The molecule has 2 aromatic carbocycles. The van der Waals surface area contributed by atoms with Crippen LogP contribution >= 0.6 is 0 Å². The number of fused-ring (bicyclic) bond motifs is 4. The fraction of sp³-hybridized carbons (Fsp3) is 0.214. The average molecular weight is 495 g/mol. The predicted octanol–water partition coefficient (Wildman–Crippen LogP) is 4.48. The summed E-state index contributed by atoms with van der Waals surface area (Å²) in [5.74, 6) is 0.761. The van der Waals surface area contributed by atoms with Gasteiger partial charge in [0.2, 0.25) is 0 Å². The number of pyridine rings is 1. The van der Waals surface area contributed by atoms with E-state index in [9.17, 15) is 4.79 Å². The second-order valence-electron chi connectivity index (χ2n) is 9.71. The lowest BCUT2D eigenvalue weighted by atomic mass is 10.0. The Morgan fingerprint density at radius 3 is 2.89 bits per heavy atom. The third kappa shape index (κ3) is 3.41. The second kappa shape index (κ2) is 7.99. The first kappa shape index (κ1) is 21.7. The number of likely N-dealkylation sites (N-methyl/N-ethyl adjacent to an activating group) is 1. The summed E-state index contributed by atoms with van der Waals surface area (Å²) in [5.41, 5.74) is 10.7. The highest BCUT2D eigenvalue weighted by Crippen LogP contribution is 2.55. The van der Waals surface area contributed by atoms with Crippen molar-refractivity contribution < 1.29 is 13.9 Å². The number of halogens is 1. The van der Waals surface area contributed by atoms with E-state index in [0.717, 1.165) is 23.4 Å². The Hall–Kier alpha value is -4.53. The number of carbonyl (C=O) groups is 1. The normalized spacial score (nSPS) is 20.1. The van der Waals surface area contributed by atoms with Gasteiger partial charge in [-0.05, 0) is 42.2 Å². The number of nitrogens with zero attached hydrogens (tertiary/aromatic N) is 5. The first-order chi connectivity index (χ1) is 18.0. The molecule has 37 heavy (non-hydrogen) atoms. The third-order valence-electron chi connectivity index (χ3n) is 7.56. The van der Waals surface area contributed by atoms with E-state index in [1.54, 1.807) is 28.9 Å². The third-order valence-corrected chi connectivity index (χ3v) is 7.56. The monoisotopic (exact) mass is 494 g/mol. The van der Waals surface area contributed by atoms with Crippen LogP contribution in [0.3, 0.4) is 0 Å². The molecule has 9 heteroatoms. The van der Waals surface area contributed by atoms with Crippen LogP contribution in [-0.2, 0) is 0 Å². The van der Waals surface area contributed by atoms with Crippen LogP contribution < -0.4 is 10.5 Å². The first-order valence-corrected chi connectivity index (χ1v) is 12.1. The molecular formula is C28H23FN6O2. The molecule has 5 aromatic rings. The lowest BCUT2D eigenvalue weighted by molar-refractivity contribution is 0.0704. The van der Waals surface area contributed by atoms with Gasteiger partial charge in [0.1, 0.15) is 29.5 Å². The van der Waals surface area contributed by atoms with Crippen molar-refractivity contribution in [1.29, 1.82) is 0 Å². The zero-order valence-corrected chi connectivity index (χ0v) is 20.0. The van der Waals surface area contributed by atoms with Gasteiger partial charge >= 0.3 is 0 Å². The Labute approximate surface area is 211 Å². The molecule has 2 aliphatic rings. The maximum absolute atomic E-state index is 15.1. The molecule has 2 N–H and O–H groups in total. The van der Waals surface area contributed by atoms with E-state index >= 15 is 4.39 Å². The van der Waals surface area contributed by atoms with Gasteiger partial charge in [-0.15, -0.1) is 0 Å². The van der Waals surface area contributed by atoms with Crippen molar-refractivity contribution in [3.63, 3.8) is 0 Å². The second-order valence-corrected chi connectivity index (χ2v) is 9.71. The van der Waals surface area contributed by atoms with Gasteiger partial charge in [0.05, 0.1) is 35.2 Å². The lowest BCUT2D eigenvalue weighted by Gasteiger charge is -2.24. The number of anilines is 1. The van der Waals surface area contributed by atoms with Crippen molar-refractivity contribution in [2.75, 3.05) is 19.4 Å². The molecule has 4 heterocycles. The maximum Gasteiger partial charge on any atom is 0.257 e. The minimum Gasteiger partial charge on any atom is -0.491 e. The number of rotatable bonds is 4. The molecule has 1 amide bonds. The van der Waals surface area contributed by atoms with Gasteiger partial charge in [-0.25, -0.2) is 14.4 Å². The molecule has 0 bridgehead atoms. The Bertz CT molecular complexity index is 1700. The van der Waals surface area contributed by atoms with Crippen LogP contribution in [0.15, 0.2) is 67.3 Å². The van der Waals surface area contributed by atoms with Gasteiger partial charge in [-0.3, -0.25) is 14.2 Å². The maximum atomic E-state index is 15.1. The smallest absolute Gasteiger partial charge is 0.257 e. The standard InChI is InChI=1S/C28H23FN6O2/c1-34(28(36)19-10-23-22(11-20(19)29)33-27(30)24-12-31-14-35(23)24)25-13-37-26-8-15(5-6-16(25)26)17-9-18(17)21-4-2-3-7-32-21/h2-8,10-12,14,17-18,25H,9,13H2,1H3,(H2,30,33)/t17-,18+,25+/m0/s1. The summed E-state index contributed by atoms with van der Waals surface area (Å²) in [5, 5.41) is 0. The van der Waals surface area contributed by atoms with E-state index in [1.165, 1.54) is 17.7 Å². The number of carbonyl (C=O) groups excluding carboxylic acids is 1. The summed E-state index contributed by atoms with van der Waals surface area (Å²) in [6, 6.07) is 14.6. The summed E-state index contributed by atoms with van der Waals surface area (Å²) in [6.07, 6.45) is 6.04. The number of ether oxygens (including phenoxy) is 1. The number of hydrogen-bond acceptors (Lipinski definition) is 6. The minimum atomic E-state index is -0.653. The molecule has 0 radical (unpaired) electrons. The molecule has 1 aliphatic heterocycles. The van der Waals surface area contributed by atoms with Gasteiger partial charge in [0, 0.05) is 36.5 Å². The molecule has 0 spiro atoms. The molecule has 1 aliphatic carbocycles. The topological polar surface area (TPSA) is 98.6 Å². The van der Waals surface area contributed by atoms with Crippen LogP contribution in [0.25, 0.3) is 16.6 Å². The number of amides is 1. The van der Waals surface area contributed by atoms with Crippen molar-refractivity contribution in [3.05, 3.63) is 95.5 Å². The summed E-state index contributed by atoms with van der Waals surface area (Å²) >= 11 is 0. The lowest BCUT2D eigenvalue weighted by Crippen LogP contribution is -2.32. The van der Waals surface area contributed by atoms with Crippen molar-refractivity contribution in [2.24, 2.45) is 0 Å². The summed E-state index contributed by atoms with van der Waals surface area (Å²) in [6.45, 7) is 0.314. The average Bonchev–Trinajstić information content (AvgIpc) is 3.35. The molecule has 0 unspecified atom stereocenters. The largest absolute Gasteiger partial charge is 0.491 e. The van der Waals surface area contributed by atoms with E-state index < -0.39 is 11.7 Å². The van der Waals surface area contributed by atoms with E-state index in [2.05, 4.69) is 33.2 Å². The van der Waals surface area contributed by atoms with Crippen LogP contribution in [0.2, 0.25) is 0 Å². The first-order valence-electron chi connectivity index (χ1n) is 12.1. The molecule has 1 saturated carbocycles. The molecule has 8 nitrogen and oxygen atoms in total. The molecular weight excluding hydrogens is 471 g/mol. The van der Waals surface area contributed by atoms with Gasteiger partial charge < -0.3 is 15.4 Å².